The summed E-state index contributed by atoms with van der Waals surface area (Å²) in [5.41, 5.74) is 2.68. The second kappa shape index (κ2) is 27.4. The molecule has 0 aliphatic carbocycles. The van der Waals surface area contributed by atoms with Crippen LogP contribution in [0.25, 0.3) is 11.4 Å². The maximum Gasteiger partial charge on any atom is 0.407 e. The van der Waals surface area contributed by atoms with Crippen molar-refractivity contribution >= 4 is 52.1 Å². The van der Waals surface area contributed by atoms with Gasteiger partial charge in [0.15, 0.2) is 8.32 Å². The van der Waals surface area contributed by atoms with Gasteiger partial charge in [0.2, 0.25) is 31.8 Å². The molecule has 1 aliphatic rings. The van der Waals surface area contributed by atoms with E-state index in [1.165, 1.54) is 35.5 Å². The molecule has 1 aliphatic heterocycles. The molecule has 0 unspecified atom stereocenters. The number of ether oxygens (including phenoxy) is 4. The van der Waals surface area contributed by atoms with Gasteiger partial charge in [-0.2, -0.15) is 9.10 Å². The molecule has 1 atom stereocenters. The van der Waals surface area contributed by atoms with Crippen molar-refractivity contribution < 1.29 is 59.7 Å². The normalized spacial score (nSPS) is 13.6. The number of rotatable bonds is 26. The lowest BCUT2D eigenvalue weighted by atomic mass is 10.1. The van der Waals surface area contributed by atoms with Crippen molar-refractivity contribution in [2.45, 2.75) is 87.5 Å². The zero-order valence-electron chi connectivity index (χ0n) is 47.3. The van der Waals surface area contributed by atoms with Crippen molar-refractivity contribution in [3.8, 4) is 28.6 Å². The van der Waals surface area contributed by atoms with Gasteiger partial charge < -0.3 is 48.9 Å². The first-order valence-electron chi connectivity index (χ1n) is 26.5. The number of aromatic nitrogens is 4. The fraction of sp³-hybridized carbons (Fsp3) is 0.393. The van der Waals surface area contributed by atoms with Crippen LogP contribution in [0, 0.1) is 0 Å². The average Bonchev–Trinajstić information content (AvgIpc) is 2.49. The van der Waals surface area contributed by atoms with E-state index in [0.717, 1.165) is 11.1 Å². The number of methoxy groups -OCH3 is 3. The number of nitrogens with one attached hydrogen (secondary N) is 3. The van der Waals surface area contributed by atoms with Gasteiger partial charge in [0.05, 0.1) is 39.5 Å². The fourth-order valence-electron chi connectivity index (χ4n) is 8.66. The fourth-order valence-corrected chi connectivity index (χ4v) is 13.5. The minimum absolute atomic E-state index is 0.0165. The van der Waals surface area contributed by atoms with Crippen LogP contribution in [0.2, 0.25) is 18.1 Å². The van der Waals surface area contributed by atoms with E-state index in [1.807, 2.05) is 69.1 Å². The van der Waals surface area contributed by atoms with Gasteiger partial charge >= 0.3 is 12.2 Å². The molecular weight excluding hydrogens is 1110 g/mol. The van der Waals surface area contributed by atoms with Crippen LogP contribution in [0.4, 0.5) is 15.3 Å². The van der Waals surface area contributed by atoms with Crippen molar-refractivity contribution in [3.05, 3.63) is 138 Å². The van der Waals surface area contributed by atoms with E-state index in [1.54, 1.807) is 84.8 Å². The highest BCUT2D eigenvalue weighted by molar-refractivity contribution is 7.92. The predicted octanol–water partition coefficient (Wildman–Crippen LogP) is 6.71. The van der Waals surface area contributed by atoms with Gasteiger partial charge in [-0.3, -0.25) is 4.79 Å². The Bertz CT molecular complexity index is 3290. The van der Waals surface area contributed by atoms with Gasteiger partial charge in [0.25, 0.3) is 0 Å². The summed E-state index contributed by atoms with van der Waals surface area (Å²) in [5.74, 6) is 1.20. The van der Waals surface area contributed by atoms with E-state index in [2.05, 4.69) is 25.7 Å². The molecule has 4 N–H and O–H groups in total. The van der Waals surface area contributed by atoms with E-state index in [4.69, 9.17) is 28.5 Å². The second-order valence-electron chi connectivity index (χ2n) is 20.9. The first-order chi connectivity index (χ1) is 39.0. The Morgan fingerprint density at radius 3 is 1.82 bits per heavy atom. The number of anilines is 1. The van der Waals surface area contributed by atoms with Gasteiger partial charge in [0, 0.05) is 71.0 Å². The van der Waals surface area contributed by atoms with Crippen LogP contribution < -0.4 is 34.5 Å². The van der Waals surface area contributed by atoms with Gasteiger partial charge in [-0.1, -0.05) is 87.5 Å². The third kappa shape index (κ3) is 16.3. The van der Waals surface area contributed by atoms with E-state index >= 15 is 16.8 Å². The molecule has 1 aromatic heterocycles. The molecule has 23 nitrogen and oxygen atoms in total. The van der Waals surface area contributed by atoms with Gasteiger partial charge in [-0.15, -0.1) is 10.2 Å². The molecular formula is C56H72N10O13S2Si. The van der Waals surface area contributed by atoms with E-state index in [9.17, 15) is 19.5 Å². The zero-order valence-corrected chi connectivity index (χ0v) is 50.0. The zero-order chi connectivity index (χ0) is 59.2. The number of sulfonamides is 2. The first-order valence-corrected chi connectivity index (χ1v) is 32.3. The Kier molecular flexibility index (Phi) is 20.7. The molecule has 0 radical (unpaired) electrons. The molecule has 440 valence electrons. The van der Waals surface area contributed by atoms with Crippen molar-refractivity contribution in [2.75, 3.05) is 72.0 Å². The molecule has 0 saturated carbocycles. The Labute approximate surface area is 480 Å². The highest BCUT2D eigenvalue weighted by Gasteiger charge is 2.42. The van der Waals surface area contributed by atoms with E-state index in [-0.39, 0.29) is 100.0 Å². The standard InChI is InChI=1S/C56H72N10O13S2Si/c1-56(2,3)82(7,8)79-47(34-58-54(68)69)35-59-80(71,72)49-27-26-48(63-30-32-64(33-31-63)50(67)28-29-57-55(70)78-39-43-12-10-9-11-13-43)51(53-60-62-66(61-53)38-42-18-24-46(77-6)25-19-42)52(49)81(73,74)65(36-40-14-20-44(75-4)21-15-40)37-41-16-22-45(76-5)23-17-41/h9-27,47,58-59H,28-39H2,1-8H3,(H,57,70)(H,68,69)/t47-/m1/s1. The summed E-state index contributed by atoms with van der Waals surface area (Å²) < 4.78 is 95.2. The van der Waals surface area contributed by atoms with Crippen LogP contribution >= 0.6 is 0 Å². The third-order valence-electron chi connectivity index (χ3n) is 14.2. The number of tetrazole rings is 1. The summed E-state index contributed by atoms with van der Waals surface area (Å²) in [7, 11) is -8.06. The summed E-state index contributed by atoms with van der Waals surface area (Å²) >= 11 is 0. The number of carbonyl (C=O) groups is 3. The molecule has 7 rings (SSSR count). The number of piperazine rings is 1. The Morgan fingerprint density at radius 1 is 0.720 bits per heavy atom. The largest absolute Gasteiger partial charge is 0.497 e. The van der Waals surface area contributed by atoms with Crippen LogP contribution in [-0.2, 0) is 60.2 Å². The number of carboxylic acid groups (broad SMARTS) is 1. The Morgan fingerprint density at radius 2 is 1.28 bits per heavy atom. The first kappa shape index (κ1) is 62.0. The molecule has 3 amide bonds. The molecule has 26 heteroatoms. The van der Waals surface area contributed by atoms with Crippen molar-refractivity contribution in [2.24, 2.45) is 0 Å². The lowest BCUT2D eigenvalue weighted by molar-refractivity contribution is -0.131. The molecule has 2 heterocycles. The minimum atomic E-state index is -5.04. The maximum atomic E-state index is 16.3. The number of carbonyl (C=O) groups excluding carboxylic acids is 2. The number of hydrogen-bond acceptors (Lipinski definition) is 16. The lowest BCUT2D eigenvalue weighted by Crippen LogP contribution is -2.50. The highest BCUT2D eigenvalue weighted by Crippen LogP contribution is 2.42. The summed E-state index contributed by atoms with van der Waals surface area (Å²) in [6.07, 6.45) is -3.06. The van der Waals surface area contributed by atoms with E-state index < -0.39 is 63.0 Å². The average molecular weight is 1190 g/mol. The summed E-state index contributed by atoms with van der Waals surface area (Å²) in [5, 5.41) is 27.8. The number of alkyl carbamates (subject to hydrolysis) is 1. The lowest BCUT2D eigenvalue weighted by Gasteiger charge is -2.39. The smallest absolute Gasteiger partial charge is 0.407 e. The van der Waals surface area contributed by atoms with Gasteiger partial charge in [0.1, 0.15) is 33.6 Å². The molecule has 1 saturated heterocycles. The molecule has 6 aromatic rings. The maximum absolute atomic E-state index is 16.3. The number of amides is 3. The second-order valence-corrected chi connectivity index (χ2v) is 29.3. The number of nitrogens with zero attached hydrogens (tertiary/aromatic N) is 7. The quantitative estimate of drug-likeness (QED) is 0.0411. The van der Waals surface area contributed by atoms with Crippen molar-refractivity contribution in [3.63, 3.8) is 0 Å². The SMILES string of the molecule is COc1ccc(CN(Cc2ccc(OC)cc2)S(=O)(=O)c2c(S(=O)(=O)NC[C@@H](CNC(=O)O)O[Si](C)(C)C(C)(C)C)ccc(N3CCN(C(=O)CCNC(=O)OCc4ccccc4)CC3)c2-c2nnn(Cc3ccc(OC)cc3)n2)cc1. The molecule has 1 fully saturated rings. The van der Waals surface area contributed by atoms with Crippen LogP contribution in [0.15, 0.2) is 125 Å². The Hall–Kier alpha value is -7.62. The highest BCUT2D eigenvalue weighted by atomic mass is 32.2. The summed E-state index contributed by atoms with van der Waals surface area (Å²) in [4.78, 5) is 41.4. The van der Waals surface area contributed by atoms with Gasteiger partial charge in [-0.25, -0.2) is 31.1 Å². The Balaban J connectivity index is 1.33. The van der Waals surface area contributed by atoms with Crippen LogP contribution in [0.5, 0.6) is 17.2 Å². The molecule has 0 spiro atoms. The van der Waals surface area contributed by atoms with Crippen LogP contribution in [0.3, 0.4) is 0 Å². The minimum Gasteiger partial charge on any atom is -0.497 e. The third-order valence-corrected chi connectivity index (χ3v) is 22.2. The summed E-state index contributed by atoms with van der Waals surface area (Å²) in [6, 6.07) is 32.6. The molecule has 5 aromatic carbocycles. The topological polar surface area (TPSA) is 275 Å². The van der Waals surface area contributed by atoms with Crippen molar-refractivity contribution in [1.82, 2.24) is 44.8 Å². The van der Waals surface area contributed by atoms with Crippen LogP contribution in [0.1, 0.15) is 49.4 Å². The number of benzene rings is 5. The summed E-state index contributed by atoms with van der Waals surface area (Å²) in [6.45, 7) is 9.39. The van der Waals surface area contributed by atoms with Crippen molar-refractivity contribution in [1.29, 1.82) is 0 Å². The number of hydrogen-bond donors (Lipinski definition) is 4. The molecule has 82 heavy (non-hydrogen) atoms. The van der Waals surface area contributed by atoms with Crippen LogP contribution in [-0.4, -0.2) is 151 Å². The monoisotopic (exact) mass is 1180 g/mol. The van der Waals surface area contributed by atoms with Gasteiger partial charge in [-0.05, 0) is 94.1 Å². The molecule has 0 bridgehead atoms. The van der Waals surface area contributed by atoms with E-state index in [0.29, 0.717) is 28.4 Å². The predicted molar refractivity (Wildman–Crippen MR) is 309 cm³/mol.